The molecule has 2 heterocycles. The summed E-state index contributed by atoms with van der Waals surface area (Å²) in [5, 5.41) is 0. The molecule has 0 N–H and O–H groups in total. The average molecular weight is 276 g/mol. The van der Waals surface area contributed by atoms with E-state index in [1.807, 2.05) is 0 Å². The highest BCUT2D eigenvalue weighted by Gasteiger charge is 2.14. The van der Waals surface area contributed by atoms with Crippen LogP contribution in [0.25, 0.3) is 0 Å². The highest BCUT2D eigenvalue weighted by Crippen LogP contribution is 2.23. The first-order chi connectivity index (χ1) is 9.81. The molecule has 3 rings (SSSR count). The van der Waals surface area contributed by atoms with Crippen molar-refractivity contribution in [2.45, 2.75) is 13.0 Å². The van der Waals surface area contributed by atoms with E-state index in [4.69, 9.17) is 9.47 Å². The van der Waals surface area contributed by atoms with Crippen LogP contribution in [0, 0.1) is 0 Å². The number of rotatable bonds is 4. The van der Waals surface area contributed by atoms with E-state index in [0.29, 0.717) is 0 Å². The lowest BCUT2D eigenvalue weighted by molar-refractivity contribution is 0.0322. The predicted molar refractivity (Wildman–Crippen MR) is 79.2 cm³/mol. The van der Waals surface area contributed by atoms with Crippen LogP contribution in [0.15, 0.2) is 18.2 Å². The molecule has 0 atom stereocenters. The Kier molecular flexibility index (Phi) is 4.55. The SMILES string of the molecule is CN1CCc2ccc(OCCN3CCOCC3)cc2C1. The lowest BCUT2D eigenvalue weighted by atomic mass is 10.00. The molecule has 1 aromatic carbocycles. The quantitative estimate of drug-likeness (QED) is 0.829. The highest BCUT2D eigenvalue weighted by molar-refractivity contribution is 5.37. The number of morpholine rings is 1. The highest BCUT2D eigenvalue weighted by atomic mass is 16.5. The van der Waals surface area contributed by atoms with Crippen LogP contribution in [0.5, 0.6) is 5.75 Å². The van der Waals surface area contributed by atoms with Gasteiger partial charge >= 0.3 is 0 Å². The molecule has 0 radical (unpaired) electrons. The van der Waals surface area contributed by atoms with Gasteiger partial charge in [0, 0.05) is 32.7 Å². The van der Waals surface area contributed by atoms with Crippen molar-refractivity contribution in [1.29, 1.82) is 0 Å². The van der Waals surface area contributed by atoms with E-state index >= 15 is 0 Å². The molecule has 0 saturated carbocycles. The fraction of sp³-hybridized carbons (Fsp3) is 0.625. The maximum atomic E-state index is 5.91. The lowest BCUT2D eigenvalue weighted by Gasteiger charge is -2.27. The third kappa shape index (κ3) is 3.51. The summed E-state index contributed by atoms with van der Waals surface area (Å²) in [6.07, 6.45) is 1.15. The number of ether oxygens (including phenoxy) is 2. The maximum absolute atomic E-state index is 5.91. The second-order valence-electron chi connectivity index (χ2n) is 5.72. The molecule has 0 amide bonds. The molecule has 2 aliphatic rings. The first kappa shape index (κ1) is 13.9. The number of likely N-dealkylation sites (N-methyl/N-ethyl adjacent to an activating group) is 1. The molecule has 0 unspecified atom stereocenters. The van der Waals surface area contributed by atoms with E-state index in [9.17, 15) is 0 Å². The predicted octanol–water partition coefficient (Wildman–Crippen LogP) is 1.39. The Morgan fingerprint density at radius 1 is 1.15 bits per heavy atom. The van der Waals surface area contributed by atoms with Crippen molar-refractivity contribution in [2.24, 2.45) is 0 Å². The molecule has 20 heavy (non-hydrogen) atoms. The average Bonchev–Trinajstić information content (AvgIpc) is 2.48. The zero-order chi connectivity index (χ0) is 13.8. The molecule has 0 aromatic heterocycles. The standard InChI is InChI=1S/C16H24N2O2/c1-17-5-4-14-2-3-16(12-15(14)13-17)20-11-8-18-6-9-19-10-7-18/h2-3,12H,4-11,13H2,1H3. The van der Waals surface area contributed by atoms with Crippen molar-refractivity contribution in [3.63, 3.8) is 0 Å². The van der Waals surface area contributed by atoms with E-state index in [-0.39, 0.29) is 0 Å². The third-order valence-electron chi connectivity index (χ3n) is 4.16. The van der Waals surface area contributed by atoms with Gasteiger partial charge in [0.2, 0.25) is 0 Å². The Hall–Kier alpha value is -1.10. The summed E-state index contributed by atoms with van der Waals surface area (Å²) in [5.41, 5.74) is 2.89. The van der Waals surface area contributed by atoms with Gasteiger partial charge in [0.05, 0.1) is 13.2 Å². The van der Waals surface area contributed by atoms with E-state index in [1.54, 1.807) is 0 Å². The van der Waals surface area contributed by atoms with Crippen LogP contribution in [0.3, 0.4) is 0 Å². The summed E-state index contributed by atoms with van der Waals surface area (Å²) in [4.78, 5) is 4.76. The van der Waals surface area contributed by atoms with E-state index in [2.05, 4.69) is 35.0 Å². The van der Waals surface area contributed by atoms with Crippen molar-refractivity contribution < 1.29 is 9.47 Å². The summed E-state index contributed by atoms with van der Waals surface area (Å²) < 4.78 is 11.3. The zero-order valence-electron chi connectivity index (χ0n) is 12.3. The molecule has 4 nitrogen and oxygen atoms in total. The van der Waals surface area contributed by atoms with Crippen LogP contribution in [0.1, 0.15) is 11.1 Å². The minimum absolute atomic E-state index is 0.759. The zero-order valence-corrected chi connectivity index (χ0v) is 12.3. The summed E-state index contributed by atoms with van der Waals surface area (Å²) in [5.74, 6) is 1.01. The van der Waals surface area contributed by atoms with Crippen molar-refractivity contribution >= 4 is 0 Å². The van der Waals surface area contributed by atoms with Gasteiger partial charge in [-0.25, -0.2) is 0 Å². The third-order valence-corrected chi connectivity index (χ3v) is 4.16. The molecule has 0 bridgehead atoms. The summed E-state index contributed by atoms with van der Waals surface area (Å²) in [6.45, 7) is 7.70. The van der Waals surface area contributed by atoms with Crippen LogP contribution in [-0.4, -0.2) is 62.8 Å². The number of hydrogen-bond acceptors (Lipinski definition) is 4. The van der Waals surface area contributed by atoms with Gasteiger partial charge in [-0.2, -0.15) is 0 Å². The van der Waals surface area contributed by atoms with Crippen molar-refractivity contribution in [3.8, 4) is 5.75 Å². The van der Waals surface area contributed by atoms with Gasteiger partial charge in [0.15, 0.2) is 0 Å². The Labute approximate surface area is 121 Å². The minimum atomic E-state index is 0.759. The molecule has 1 aromatic rings. The van der Waals surface area contributed by atoms with Crippen molar-refractivity contribution in [2.75, 3.05) is 53.0 Å². The minimum Gasteiger partial charge on any atom is -0.492 e. The monoisotopic (exact) mass is 276 g/mol. The normalized spacial score (nSPS) is 20.6. The van der Waals surface area contributed by atoms with Crippen LogP contribution >= 0.6 is 0 Å². The van der Waals surface area contributed by atoms with E-state index in [1.165, 1.54) is 11.1 Å². The number of hydrogen-bond donors (Lipinski definition) is 0. The smallest absolute Gasteiger partial charge is 0.119 e. The van der Waals surface area contributed by atoms with E-state index in [0.717, 1.165) is 64.7 Å². The van der Waals surface area contributed by atoms with Gasteiger partial charge in [-0.3, -0.25) is 4.90 Å². The van der Waals surface area contributed by atoms with Crippen molar-refractivity contribution in [3.05, 3.63) is 29.3 Å². The molecule has 1 fully saturated rings. The van der Waals surface area contributed by atoms with Crippen LogP contribution in [0.2, 0.25) is 0 Å². The Morgan fingerprint density at radius 3 is 2.85 bits per heavy atom. The molecular formula is C16H24N2O2. The Morgan fingerprint density at radius 2 is 2.00 bits per heavy atom. The molecule has 2 aliphatic heterocycles. The van der Waals surface area contributed by atoms with Gasteiger partial charge in [-0.05, 0) is 36.7 Å². The second-order valence-corrected chi connectivity index (χ2v) is 5.72. The van der Waals surface area contributed by atoms with Gasteiger partial charge in [-0.15, -0.1) is 0 Å². The Balaban J connectivity index is 1.51. The van der Waals surface area contributed by atoms with Crippen molar-refractivity contribution in [1.82, 2.24) is 9.80 Å². The van der Waals surface area contributed by atoms with E-state index < -0.39 is 0 Å². The van der Waals surface area contributed by atoms with Gasteiger partial charge in [0.1, 0.15) is 12.4 Å². The summed E-state index contributed by atoms with van der Waals surface area (Å²) in [6, 6.07) is 6.56. The van der Waals surface area contributed by atoms with Crippen LogP contribution in [-0.2, 0) is 17.7 Å². The second kappa shape index (κ2) is 6.57. The van der Waals surface area contributed by atoms with Crippen LogP contribution in [0.4, 0.5) is 0 Å². The molecule has 0 aliphatic carbocycles. The molecular weight excluding hydrogens is 252 g/mol. The summed E-state index contributed by atoms with van der Waals surface area (Å²) >= 11 is 0. The first-order valence-corrected chi connectivity index (χ1v) is 7.54. The first-order valence-electron chi connectivity index (χ1n) is 7.54. The maximum Gasteiger partial charge on any atom is 0.119 e. The van der Waals surface area contributed by atoms with Gasteiger partial charge in [-0.1, -0.05) is 6.07 Å². The molecule has 110 valence electrons. The fourth-order valence-electron chi connectivity index (χ4n) is 2.88. The largest absolute Gasteiger partial charge is 0.492 e. The lowest BCUT2D eigenvalue weighted by Crippen LogP contribution is -2.38. The van der Waals surface area contributed by atoms with Crippen LogP contribution < -0.4 is 4.74 Å². The van der Waals surface area contributed by atoms with Gasteiger partial charge in [0.25, 0.3) is 0 Å². The molecule has 4 heteroatoms. The number of nitrogens with zero attached hydrogens (tertiary/aromatic N) is 2. The molecule has 1 saturated heterocycles. The van der Waals surface area contributed by atoms with Gasteiger partial charge < -0.3 is 14.4 Å². The molecule has 0 spiro atoms. The number of benzene rings is 1. The number of fused-ring (bicyclic) bond motifs is 1. The topological polar surface area (TPSA) is 24.9 Å². The summed E-state index contributed by atoms with van der Waals surface area (Å²) in [7, 11) is 2.18. The Bertz CT molecular complexity index is 444. The fourth-order valence-corrected chi connectivity index (χ4v) is 2.88.